The molecule has 0 saturated carbocycles. The first-order valence-corrected chi connectivity index (χ1v) is 5.60. The first kappa shape index (κ1) is 10.9. The number of nitrogens with one attached hydrogen (secondary N) is 2. The number of aromatic nitrogens is 5. The minimum Gasteiger partial charge on any atom is -0.306 e. The maximum absolute atomic E-state index is 11.2. The van der Waals surface area contributed by atoms with Crippen molar-refractivity contribution in [1.82, 2.24) is 25.1 Å². The minimum absolute atomic E-state index is 0.249. The third-order valence-corrected chi connectivity index (χ3v) is 2.80. The fraction of sp³-hybridized carbons (Fsp3) is 0.0909. The van der Waals surface area contributed by atoms with Crippen LogP contribution >= 0.6 is 11.6 Å². The lowest BCUT2D eigenvalue weighted by Gasteiger charge is -2.02. The van der Waals surface area contributed by atoms with Gasteiger partial charge in [-0.05, 0) is 19.1 Å². The number of hydrogen-bond donors (Lipinski definition) is 2. The molecule has 2 heterocycles. The van der Waals surface area contributed by atoms with Crippen LogP contribution in [0.5, 0.6) is 0 Å². The standard InChI is InChI=1S/C11H8ClN5O/c1-5-13-10(12)9(17-16-5)6-2-3-7-8(4-6)15-11(18)14-7/h2-4H,1H3,(H2,14,15,18). The average molecular weight is 262 g/mol. The Labute approximate surface area is 106 Å². The van der Waals surface area contributed by atoms with E-state index in [1.165, 1.54) is 0 Å². The van der Waals surface area contributed by atoms with Gasteiger partial charge in [0.2, 0.25) is 0 Å². The van der Waals surface area contributed by atoms with Gasteiger partial charge in [-0.1, -0.05) is 17.7 Å². The topological polar surface area (TPSA) is 87.3 Å². The number of benzene rings is 1. The van der Waals surface area contributed by atoms with Crippen LogP contribution < -0.4 is 5.69 Å². The summed E-state index contributed by atoms with van der Waals surface area (Å²) in [6.45, 7) is 1.72. The van der Waals surface area contributed by atoms with Crippen molar-refractivity contribution >= 4 is 22.6 Å². The predicted molar refractivity (Wildman–Crippen MR) is 67.5 cm³/mol. The molecule has 0 amide bonds. The zero-order valence-electron chi connectivity index (χ0n) is 9.36. The number of imidazole rings is 1. The van der Waals surface area contributed by atoms with Crippen molar-refractivity contribution in [3.05, 3.63) is 39.7 Å². The first-order chi connectivity index (χ1) is 8.63. The summed E-state index contributed by atoms with van der Waals surface area (Å²) in [5, 5.41) is 8.18. The zero-order valence-corrected chi connectivity index (χ0v) is 10.1. The fourth-order valence-corrected chi connectivity index (χ4v) is 2.01. The quantitative estimate of drug-likeness (QED) is 0.697. The molecule has 7 heteroatoms. The van der Waals surface area contributed by atoms with Gasteiger partial charge in [-0.25, -0.2) is 9.78 Å². The molecule has 2 aromatic heterocycles. The molecule has 1 aromatic carbocycles. The molecule has 0 bridgehead atoms. The molecular weight excluding hydrogens is 254 g/mol. The number of aromatic amines is 2. The van der Waals surface area contributed by atoms with Gasteiger partial charge >= 0.3 is 5.69 Å². The van der Waals surface area contributed by atoms with E-state index >= 15 is 0 Å². The Bertz CT molecular complexity index is 791. The summed E-state index contributed by atoms with van der Waals surface area (Å²) < 4.78 is 0. The van der Waals surface area contributed by atoms with E-state index in [9.17, 15) is 4.79 Å². The summed E-state index contributed by atoms with van der Waals surface area (Å²) in [6.07, 6.45) is 0. The maximum Gasteiger partial charge on any atom is 0.323 e. The molecule has 2 N–H and O–H groups in total. The minimum atomic E-state index is -0.249. The monoisotopic (exact) mass is 261 g/mol. The predicted octanol–water partition coefficient (Wildman–Crippen LogP) is 1.67. The Hall–Kier alpha value is -2.21. The van der Waals surface area contributed by atoms with Crippen molar-refractivity contribution in [3.8, 4) is 11.3 Å². The average Bonchev–Trinajstić information content (AvgIpc) is 2.68. The summed E-state index contributed by atoms with van der Waals surface area (Å²) in [5.74, 6) is 0.514. The third-order valence-electron chi connectivity index (χ3n) is 2.54. The summed E-state index contributed by atoms with van der Waals surface area (Å²) in [6, 6.07) is 5.36. The molecule has 18 heavy (non-hydrogen) atoms. The van der Waals surface area contributed by atoms with Crippen molar-refractivity contribution in [3.63, 3.8) is 0 Å². The molecule has 0 radical (unpaired) electrons. The Balaban J connectivity index is 2.21. The van der Waals surface area contributed by atoms with Crippen molar-refractivity contribution < 1.29 is 0 Å². The molecule has 0 fully saturated rings. The molecular formula is C11H8ClN5O. The van der Waals surface area contributed by atoms with E-state index in [0.717, 1.165) is 11.1 Å². The lowest BCUT2D eigenvalue weighted by atomic mass is 10.1. The third kappa shape index (κ3) is 1.76. The van der Waals surface area contributed by atoms with Crippen molar-refractivity contribution in [1.29, 1.82) is 0 Å². The van der Waals surface area contributed by atoms with Gasteiger partial charge < -0.3 is 9.97 Å². The molecule has 0 aliphatic heterocycles. The maximum atomic E-state index is 11.2. The second-order valence-electron chi connectivity index (χ2n) is 3.84. The van der Waals surface area contributed by atoms with Gasteiger partial charge in [0, 0.05) is 5.56 Å². The van der Waals surface area contributed by atoms with E-state index in [4.69, 9.17) is 11.6 Å². The highest BCUT2D eigenvalue weighted by molar-refractivity contribution is 6.31. The molecule has 0 saturated heterocycles. The summed E-state index contributed by atoms with van der Waals surface area (Å²) in [5.41, 5.74) is 2.42. The van der Waals surface area contributed by atoms with E-state index in [2.05, 4.69) is 25.1 Å². The van der Waals surface area contributed by atoms with Gasteiger partial charge in [0.05, 0.1) is 11.0 Å². The lowest BCUT2D eigenvalue weighted by molar-refractivity contribution is 0.914. The van der Waals surface area contributed by atoms with E-state index in [-0.39, 0.29) is 5.69 Å². The number of halogens is 1. The Morgan fingerprint density at radius 2 is 1.94 bits per heavy atom. The van der Waals surface area contributed by atoms with Crippen LogP contribution in [0.15, 0.2) is 23.0 Å². The van der Waals surface area contributed by atoms with Gasteiger partial charge in [0.1, 0.15) is 11.5 Å². The van der Waals surface area contributed by atoms with Crippen molar-refractivity contribution in [2.24, 2.45) is 0 Å². The largest absolute Gasteiger partial charge is 0.323 e. The van der Waals surface area contributed by atoms with Gasteiger partial charge in [-0.3, -0.25) is 0 Å². The molecule has 0 atom stereocenters. The summed E-state index contributed by atoms with van der Waals surface area (Å²) >= 11 is 6.03. The molecule has 3 aromatic rings. The number of nitrogens with zero attached hydrogens (tertiary/aromatic N) is 3. The van der Waals surface area contributed by atoms with Crippen molar-refractivity contribution in [2.45, 2.75) is 6.92 Å². The summed E-state index contributed by atoms with van der Waals surface area (Å²) in [4.78, 5) is 20.6. The second-order valence-corrected chi connectivity index (χ2v) is 4.20. The van der Waals surface area contributed by atoms with Crippen LogP contribution in [0, 0.1) is 6.92 Å². The number of fused-ring (bicyclic) bond motifs is 1. The van der Waals surface area contributed by atoms with Gasteiger partial charge in [0.25, 0.3) is 0 Å². The Morgan fingerprint density at radius 3 is 2.72 bits per heavy atom. The summed E-state index contributed by atoms with van der Waals surface area (Å²) in [7, 11) is 0. The fourth-order valence-electron chi connectivity index (χ4n) is 1.74. The molecule has 0 spiro atoms. The van der Waals surface area contributed by atoms with Crippen LogP contribution in [0.2, 0.25) is 5.15 Å². The molecule has 90 valence electrons. The van der Waals surface area contributed by atoms with Crippen LogP contribution in [-0.4, -0.2) is 25.1 Å². The highest BCUT2D eigenvalue weighted by Crippen LogP contribution is 2.25. The molecule has 0 unspecified atom stereocenters. The van der Waals surface area contributed by atoms with Gasteiger partial charge in [-0.2, -0.15) is 0 Å². The van der Waals surface area contributed by atoms with E-state index in [0.29, 0.717) is 22.2 Å². The van der Waals surface area contributed by atoms with Crippen molar-refractivity contribution in [2.75, 3.05) is 0 Å². The number of aryl methyl sites for hydroxylation is 1. The number of H-pyrrole nitrogens is 2. The molecule has 6 nitrogen and oxygen atoms in total. The highest BCUT2D eigenvalue weighted by Gasteiger charge is 2.09. The van der Waals surface area contributed by atoms with Crippen LogP contribution in [0.3, 0.4) is 0 Å². The molecule has 3 rings (SSSR count). The van der Waals surface area contributed by atoms with Crippen LogP contribution in [0.25, 0.3) is 22.3 Å². The lowest BCUT2D eigenvalue weighted by Crippen LogP contribution is -1.99. The van der Waals surface area contributed by atoms with Crippen LogP contribution in [0.4, 0.5) is 0 Å². The molecule has 0 aliphatic rings. The Kier molecular flexibility index (Phi) is 2.38. The van der Waals surface area contributed by atoms with E-state index < -0.39 is 0 Å². The Morgan fingerprint density at radius 1 is 1.17 bits per heavy atom. The zero-order chi connectivity index (χ0) is 12.7. The van der Waals surface area contributed by atoms with E-state index in [1.807, 2.05) is 0 Å². The van der Waals surface area contributed by atoms with Gasteiger partial charge in [-0.15, -0.1) is 10.2 Å². The second kappa shape index (κ2) is 3.92. The smallest absolute Gasteiger partial charge is 0.306 e. The number of hydrogen-bond acceptors (Lipinski definition) is 4. The number of rotatable bonds is 1. The van der Waals surface area contributed by atoms with Crippen LogP contribution in [-0.2, 0) is 0 Å². The SMILES string of the molecule is Cc1nnc(-c2ccc3[nH]c(=O)[nH]c3c2)c(Cl)n1. The van der Waals surface area contributed by atoms with Crippen LogP contribution in [0.1, 0.15) is 5.82 Å². The van der Waals surface area contributed by atoms with Gasteiger partial charge in [0.15, 0.2) is 5.15 Å². The first-order valence-electron chi connectivity index (χ1n) is 5.23. The van der Waals surface area contributed by atoms with E-state index in [1.54, 1.807) is 25.1 Å². The normalized spacial score (nSPS) is 11.0. The highest BCUT2D eigenvalue weighted by atomic mass is 35.5. The molecule has 0 aliphatic carbocycles.